The van der Waals surface area contributed by atoms with Gasteiger partial charge in [-0.2, -0.15) is 0 Å². The third kappa shape index (κ3) is 5.49. The van der Waals surface area contributed by atoms with E-state index in [9.17, 15) is 10.1 Å². The number of nitro groups is 1. The van der Waals surface area contributed by atoms with E-state index < -0.39 is 4.92 Å². The highest BCUT2D eigenvalue weighted by molar-refractivity contribution is 5.83. The van der Waals surface area contributed by atoms with Crippen molar-refractivity contribution in [2.75, 3.05) is 13.2 Å². The zero-order valence-corrected chi connectivity index (χ0v) is 14.2. The summed E-state index contributed by atoms with van der Waals surface area (Å²) in [4.78, 5) is 15.5. The molecule has 0 aromatic heterocycles. The van der Waals surface area contributed by atoms with Gasteiger partial charge in [-0.15, -0.1) is 0 Å². The van der Waals surface area contributed by atoms with Crippen LogP contribution in [0.25, 0.3) is 0 Å². The van der Waals surface area contributed by atoms with Gasteiger partial charge >= 0.3 is 0 Å². The maximum absolute atomic E-state index is 10.8. The number of benzene rings is 2. The summed E-state index contributed by atoms with van der Waals surface area (Å²) >= 11 is 0. The molecule has 7 nitrogen and oxygen atoms in total. The molecule has 0 saturated carbocycles. The predicted molar refractivity (Wildman–Crippen MR) is 94.3 cm³/mol. The highest BCUT2D eigenvalue weighted by atomic mass is 16.6. The molecule has 0 fully saturated rings. The van der Waals surface area contributed by atoms with Crippen LogP contribution in [0.3, 0.4) is 0 Å². The average Bonchev–Trinajstić information content (AvgIpc) is 2.61. The van der Waals surface area contributed by atoms with Crippen LogP contribution in [0.5, 0.6) is 11.5 Å². The van der Waals surface area contributed by atoms with Gasteiger partial charge in [0, 0.05) is 23.8 Å². The van der Waals surface area contributed by atoms with E-state index in [0.717, 1.165) is 11.3 Å². The van der Waals surface area contributed by atoms with E-state index in [1.165, 1.54) is 18.3 Å². The van der Waals surface area contributed by atoms with Crippen LogP contribution in [0.1, 0.15) is 25.0 Å². The first kappa shape index (κ1) is 18.3. The van der Waals surface area contributed by atoms with Gasteiger partial charge in [-0.1, -0.05) is 17.3 Å². The number of oxime groups is 1. The Morgan fingerprint density at radius 2 is 1.92 bits per heavy atom. The molecule has 0 aliphatic heterocycles. The van der Waals surface area contributed by atoms with Crippen molar-refractivity contribution in [1.82, 2.24) is 0 Å². The van der Waals surface area contributed by atoms with Crippen molar-refractivity contribution in [3.63, 3.8) is 0 Å². The molecule has 7 heteroatoms. The SMILES string of the molecule is CCOc1ccc(/C=N\OCc2cccc([N+](=O)[O-])c2)c(OCC)c1. The number of hydrogen-bond acceptors (Lipinski definition) is 6. The van der Waals surface area contributed by atoms with Gasteiger partial charge in [-0.25, -0.2) is 0 Å². The molecule has 0 atom stereocenters. The second kappa shape index (κ2) is 9.27. The Morgan fingerprint density at radius 1 is 1.12 bits per heavy atom. The van der Waals surface area contributed by atoms with Crippen LogP contribution in [0.15, 0.2) is 47.6 Å². The van der Waals surface area contributed by atoms with Gasteiger partial charge in [-0.05, 0) is 31.5 Å². The summed E-state index contributed by atoms with van der Waals surface area (Å²) in [6, 6.07) is 11.7. The van der Waals surface area contributed by atoms with E-state index in [0.29, 0.717) is 24.5 Å². The second-order valence-corrected chi connectivity index (χ2v) is 5.00. The minimum Gasteiger partial charge on any atom is -0.494 e. The number of non-ortho nitro benzene ring substituents is 1. The molecule has 0 amide bonds. The van der Waals surface area contributed by atoms with Crippen LogP contribution in [0, 0.1) is 10.1 Å². The number of rotatable bonds is 9. The molecule has 0 spiro atoms. The second-order valence-electron chi connectivity index (χ2n) is 5.00. The van der Waals surface area contributed by atoms with Gasteiger partial charge in [0.15, 0.2) is 0 Å². The van der Waals surface area contributed by atoms with Crippen molar-refractivity contribution in [3.05, 3.63) is 63.7 Å². The fourth-order valence-corrected chi connectivity index (χ4v) is 2.12. The van der Waals surface area contributed by atoms with Gasteiger partial charge in [0.2, 0.25) is 0 Å². The average molecular weight is 344 g/mol. The largest absolute Gasteiger partial charge is 0.494 e. The van der Waals surface area contributed by atoms with Gasteiger partial charge in [-0.3, -0.25) is 10.1 Å². The van der Waals surface area contributed by atoms with E-state index in [1.54, 1.807) is 18.2 Å². The summed E-state index contributed by atoms with van der Waals surface area (Å²) in [5.74, 6) is 1.37. The normalized spacial score (nSPS) is 10.6. The van der Waals surface area contributed by atoms with Crippen molar-refractivity contribution in [2.45, 2.75) is 20.5 Å². The van der Waals surface area contributed by atoms with Crippen molar-refractivity contribution in [3.8, 4) is 11.5 Å². The molecule has 2 aromatic carbocycles. The molecule has 0 aliphatic carbocycles. The fourth-order valence-electron chi connectivity index (χ4n) is 2.12. The van der Waals surface area contributed by atoms with Gasteiger partial charge in [0.05, 0.1) is 24.4 Å². The first-order valence-electron chi connectivity index (χ1n) is 7.92. The number of nitrogens with zero attached hydrogens (tertiary/aromatic N) is 2. The zero-order valence-electron chi connectivity index (χ0n) is 14.2. The van der Waals surface area contributed by atoms with Crippen LogP contribution in [0.2, 0.25) is 0 Å². The Morgan fingerprint density at radius 3 is 2.64 bits per heavy atom. The predicted octanol–water partition coefficient (Wildman–Crippen LogP) is 3.94. The van der Waals surface area contributed by atoms with Crippen molar-refractivity contribution in [1.29, 1.82) is 0 Å². The van der Waals surface area contributed by atoms with Crippen LogP contribution < -0.4 is 9.47 Å². The Bertz CT molecular complexity index is 746. The molecule has 2 aromatic rings. The molecule has 0 radical (unpaired) electrons. The summed E-state index contributed by atoms with van der Waals surface area (Å²) in [6.45, 7) is 5.04. The van der Waals surface area contributed by atoms with E-state index >= 15 is 0 Å². The maximum Gasteiger partial charge on any atom is 0.269 e. The quantitative estimate of drug-likeness (QED) is 0.391. The van der Waals surface area contributed by atoms with Crippen LogP contribution in [0.4, 0.5) is 5.69 Å². The van der Waals surface area contributed by atoms with E-state index in [4.69, 9.17) is 14.3 Å². The summed E-state index contributed by atoms with van der Waals surface area (Å²) in [5.41, 5.74) is 1.45. The highest BCUT2D eigenvalue weighted by Gasteiger charge is 2.06. The van der Waals surface area contributed by atoms with Crippen LogP contribution in [-0.2, 0) is 11.4 Å². The molecule has 25 heavy (non-hydrogen) atoms. The standard InChI is InChI=1S/C18H20N2O5/c1-3-23-17-9-8-15(18(11-17)24-4-2)12-19-25-13-14-6-5-7-16(10-14)20(21)22/h5-12H,3-4,13H2,1-2H3/b19-12-. The number of ether oxygens (including phenoxy) is 2. The Hall–Kier alpha value is -3.09. The zero-order chi connectivity index (χ0) is 18.1. The number of nitro benzene ring substituents is 1. The topological polar surface area (TPSA) is 83.2 Å². The molecular weight excluding hydrogens is 324 g/mol. The summed E-state index contributed by atoms with van der Waals surface area (Å²) < 4.78 is 11.0. The molecule has 0 heterocycles. The maximum atomic E-state index is 10.8. The molecule has 132 valence electrons. The third-order valence-corrected chi connectivity index (χ3v) is 3.21. The summed E-state index contributed by atoms with van der Waals surface area (Å²) in [5, 5.41) is 14.7. The summed E-state index contributed by atoms with van der Waals surface area (Å²) in [6.07, 6.45) is 1.54. The summed E-state index contributed by atoms with van der Waals surface area (Å²) in [7, 11) is 0. The molecule has 0 aliphatic rings. The van der Waals surface area contributed by atoms with Gasteiger partial charge < -0.3 is 14.3 Å². The lowest BCUT2D eigenvalue weighted by Gasteiger charge is -2.09. The lowest BCUT2D eigenvalue weighted by Crippen LogP contribution is -1.99. The van der Waals surface area contributed by atoms with Crippen molar-refractivity contribution >= 4 is 11.9 Å². The van der Waals surface area contributed by atoms with Crippen LogP contribution in [-0.4, -0.2) is 24.4 Å². The monoisotopic (exact) mass is 344 g/mol. The van der Waals surface area contributed by atoms with Crippen molar-refractivity contribution in [2.24, 2.45) is 5.16 Å². The van der Waals surface area contributed by atoms with E-state index in [-0.39, 0.29) is 12.3 Å². The first-order chi connectivity index (χ1) is 12.1. The smallest absolute Gasteiger partial charge is 0.269 e. The van der Waals surface area contributed by atoms with Gasteiger partial charge in [0.25, 0.3) is 5.69 Å². The molecule has 0 bridgehead atoms. The minimum absolute atomic E-state index is 0.0234. The fraction of sp³-hybridized carbons (Fsp3) is 0.278. The lowest BCUT2D eigenvalue weighted by atomic mass is 10.2. The Balaban J connectivity index is 2.01. The Kier molecular flexibility index (Phi) is 6.76. The molecule has 0 unspecified atom stereocenters. The third-order valence-electron chi connectivity index (χ3n) is 3.21. The van der Waals surface area contributed by atoms with Gasteiger partial charge in [0.1, 0.15) is 18.1 Å². The molecule has 0 N–H and O–H groups in total. The number of hydrogen-bond donors (Lipinski definition) is 0. The molecule has 0 saturated heterocycles. The Labute approximate surface area is 146 Å². The minimum atomic E-state index is -0.443. The molecule has 2 rings (SSSR count). The molecular formula is C18H20N2O5. The first-order valence-corrected chi connectivity index (χ1v) is 7.92. The van der Waals surface area contributed by atoms with E-state index in [2.05, 4.69) is 5.16 Å². The van der Waals surface area contributed by atoms with Crippen LogP contribution >= 0.6 is 0 Å². The lowest BCUT2D eigenvalue weighted by molar-refractivity contribution is -0.384. The van der Waals surface area contributed by atoms with E-state index in [1.807, 2.05) is 26.0 Å². The van der Waals surface area contributed by atoms with Crippen molar-refractivity contribution < 1.29 is 19.2 Å². The highest BCUT2D eigenvalue weighted by Crippen LogP contribution is 2.24.